The Hall–Kier alpha value is -1.58. The molecule has 3 rings (SSSR count). The number of carboxylic acids is 1. The molecule has 1 heterocycles. The van der Waals surface area contributed by atoms with Gasteiger partial charge in [0.15, 0.2) is 0 Å². The molecule has 1 fully saturated rings. The van der Waals surface area contributed by atoms with E-state index in [4.69, 9.17) is 0 Å². The monoisotopic (exact) mass is 232 g/mol. The van der Waals surface area contributed by atoms with E-state index in [-0.39, 0.29) is 5.54 Å². The van der Waals surface area contributed by atoms with E-state index in [1.54, 1.807) is 6.07 Å². The topological polar surface area (TPSA) is 62.2 Å². The fraction of sp³-hybridized carbons (Fsp3) is 0.538. The van der Waals surface area contributed by atoms with Crippen LogP contribution in [0.2, 0.25) is 0 Å². The number of carbonyl (C=O) groups is 1. The van der Waals surface area contributed by atoms with Gasteiger partial charge in [0.25, 0.3) is 0 Å². The van der Waals surface area contributed by atoms with Crippen molar-refractivity contribution in [2.75, 3.05) is 5.32 Å². The molecule has 1 aromatic rings. The number of anilines is 1. The van der Waals surface area contributed by atoms with Crippen LogP contribution in [0.3, 0.4) is 0 Å². The molecule has 0 aliphatic heterocycles. The number of hydrogen-bond donors (Lipinski definition) is 2. The molecule has 2 aliphatic carbocycles. The van der Waals surface area contributed by atoms with Crippen molar-refractivity contribution in [2.45, 2.75) is 44.6 Å². The van der Waals surface area contributed by atoms with Crippen molar-refractivity contribution >= 4 is 11.8 Å². The average Bonchev–Trinajstić information content (AvgIpc) is 2.83. The van der Waals surface area contributed by atoms with Gasteiger partial charge in [-0.05, 0) is 50.7 Å². The summed E-state index contributed by atoms with van der Waals surface area (Å²) < 4.78 is 0. The van der Waals surface area contributed by atoms with E-state index in [1.165, 1.54) is 0 Å². The molecule has 0 radical (unpaired) electrons. The predicted molar refractivity (Wildman–Crippen MR) is 64.5 cm³/mol. The Morgan fingerprint density at radius 1 is 1.47 bits per heavy atom. The van der Waals surface area contributed by atoms with Crippen molar-refractivity contribution < 1.29 is 9.90 Å². The Morgan fingerprint density at radius 3 is 2.88 bits per heavy atom. The zero-order chi connectivity index (χ0) is 12.0. The van der Waals surface area contributed by atoms with Crippen LogP contribution in [0.5, 0.6) is 0 Å². The van der Waals surface area contributed by atoms with Crippen molar-refractivity contribution in [2.24, 2.45) is 0 Å². The van der Waals surface area contributed by atoms with Crippen molar-refractivity contribution in [3.63, 3.8) is 0 Å². The zero-order valence-electron chi connectivity index (χ0n) is 9.92. The summed E-state index contributed by atoms with van der Waals surface area (Å²) in [6, 6.07) is 1.80. The van der Waals surface area contributed by atoms with Gasteiger partial charge in [-0.3, -0.25) is 0 Å². The molecule has 0 spiro atoms. The van der Waals surface area contributed by atoms with Crippen LogP contribution in [0.4, 0.5) is 5.82 Å². The molecule has 0 amide bonds. The third kappa shape index (κ3) is 1.88. The van der Waals surface area contributed by atoms with Gasteiger partial charge in [0, 0.05) is 11.2 Å². The van der Waals surface area contributed by atoms with Crippen molar-refractivity contribution in [3.05, 3.63) is 22.9 Å². The summed E-state index contributed by atoms with van der Waals surface area (Å²) in [6.07, 6.45) is 5.19. The number of nitrogens with zero attached hydrogens (tertiary/aromatic N) is 1. The number of fused-ring (bicyclic) bond motifs is 1. The highest BCUT2D eigenvalue weighted by molar-refractivity contribution is 5.93. The summed E-state index contributed by atoms with van der Waals surface area (Å²) in [7, 11) is 0. The zero-order valence-corrected chi connectivity index (χ0v) is 9.92. The van der Waals surface area contributed by atoms with Crippen LogP contribution >= 0.6 is 0 Å². The molecule has 1 aromatic heterocycles. The van der Waals surface area contributed by atoms with E-state index in [0.717, 1.165) is 43.4 Å². The van der Waals surface area contributed by atoms with Gasteiger partial charge >= 0.3 is 5.97 Å². The second kappa shape index (κ2) is 3.45. The van der Waals surface area contributed by atoms with Gasteiger partial charge in [-0.1, -0.05) is 0 Å². The summed E-state index contributed by atoms with van der Waals surface area (Å²) in [5, 5.41) is 12.5. The summed E-state index contributed by atoms with van der Waals surface area (Å²) in [4.78, 5) is 15.8. The number of pyridine rings is 1. The maximum absolute atomic E-state index is 11.2. The average molecular weight is 232 g/mol. The quantitative estimate of drug-likeness (QED) is 0.839. The molecule has 2 aliphatic rings. The van der Waals surface area contributed by atoms with Crippen LogP contribution in [-0.2, 0) is 12.8 Å². The first-order valence-corrected chi connectivity index (χ1v) is 6.12. The van der Waals surface area contributed by atoms with E-state index in [0.29, 0.717) is 11.4 Å². The van der Waals surface area contributed by atoms with E-state index in [9.17, 15) is 9.90 Å². The molecule has 2 N–H and O–H groups in total. The summed E-state index contributed by atoms with van der Waals surface area (Å²) >= 11 is 0. The SMILES string of the molecule is CC1(Nc2nc3c(cc2C(=O)O)CCC3)CC1. The minimum atomic E-state index is -0.890. The number of hydrogen-bond acceptors (Lipinski definition) is 3. The molecule has 90 valence electrons. The molecular formula is C13H16N2O2. The van der Waals surface area contributed by atoms with E-state index >= 15 is 0 Å². The lowest BCUT2D eigenvalue weighted by molar-refractivity contribution is 0.0697. The lowest BCUT2D eigenvalue weighted by Gasteiger charge is -2.15. The minimum absolute atomic E-state index is 0.0596. The third-order valence-electron chi connectivity index (χ3n) is 3.70. The summed E-state index contributed by atoms with van der Waals surface area (Å²) in [5.74, 6) is -0.336. The fourth-order valence-corrected chi connectivity index (χ4v) is 2.33. The van der Waals surface area contributed by atoms with Crippen molar-refractivity contribution in [3.8, 4) is 0 Å². The van der Waals surface area contributed by atoms with Crippen LogP contribution < -0.4 is 5.32 Å². The summed E-state index contributed by atoms with van der Waals surface area (Å²) in [6.45, 7) is 2.10. The van der Waals surface area contributed by atoms with Gasteiger partial charge in [0.1, 0.15) is 11.4 Å². The number of aromatic nitrogens is 1. The van der Waals surface area contributed by atoms with E-state index in [1.807, 2.05) is 0 Å². The molecule has 4 heteroatoms. The van der Waals surface area contributed by atoms with Gasteiger partial charge in [0.2, 0.25) is 0 Å². The molecule has 0 unspecified atom stereocenters. The standard InChI is InChI=1S/C13H16N2O2/c1-13(5-6-13)15-11-9(12(16)17)7-8-3-2-4-10(8)14-11/h7H,2-6H2,1H3,(H,14,15)(H,16,17). The van der Waals surface area contributed by atoms with Gasteiger partial charge < -0.3 is 10.4 Å². The number of aromatic carboxylic acids is 1. The van der Waals surface area contributed by atoms with Crippen molar-refractivity contribution in [1.82, 2.24) is 4.98 Å². The number of aryl methyl sites for hydroxylation is 2. The Kier molecular flexibility index (Phi) is 2.15. The molecule has 0 aromatic carbocycles. The van der Waals surface area contributed by atoms with Crippen LogP contribution in [0.25, 0.3) is 0 Å². The van der Waals surface area contributed by atoms with Gasteiger partial charge in [-0.15, -0.1) is 0 Å². The molecular weight excluding hydrogens is 216 g/mol. The molecule has 4 nitrogen and oxygen atoms in total. The second-order valence-corrected chi connectivity index (χ2v) is 5.33. The Morgan fingerprint density at radius 2 is 2.24 bits per heavy atom. The van der Waals surface area contributed by atoms with E-state index < -0.39 is 5.97 Å². The largest absolute Gasteiger partial charge is 0.478 e. The number of rotatable bonds is 3. The lowest BCUT2D eigenvalue weighted by atomic mass is 10.1. The smallest absolute Gasteiger partial charge is 0.339 e. The summed E-state index contributed by atoms with van der Waals surface area (Å²) in [5.41, 5.74) is 2.55. The van der Waals surface area contributed by atoms with Crippen LogP contribution in [0.15, 0.2) is 6.07 Å². The van der Waals surface area contributed by atoms with Gasteiger partial charge in [-0.2, -0.15) is 0 Å². The Bertz CT molecular complexity index is 492. The second-order valence-electron chi connectivity index (χ2n) is 5.33. The predicted octanol–water partition coefficient (Wildman–Crippen LogP) is 2.23. The van der Waals surface area contributed by atoms with Crippen LogP contribution in [-0.4, -0.2) is 21.6 Å². The lowest BCUT2D eigenvalue weighted by Crippen LogP contribution is -2.20. The van der Waals surface area contributed by atoms with Crippen LogP contribution in [0, 0.1) is 0 Å². The van der Waals surface area contributed by atoms with Gasteiger partial charge in [-0.25, -0.2) is 9.78 Å². The molecule has 0 bridgehead atoms. The number of nitrogens with one attached hydrogen (secondary N) is 1. The maximum atomic E-state index is 11.2. The van der Waals surface area contributed by atoms with E-state index in [2.05, 4.69) is 17.2 Å². The van der Waals surface area contributed by atoms with Crippen molar-refractivity contribution in [1.29, 1.82) is 0 Å². The maximum Gasteiger partial charge on any atom is 0.339 e. The molecule has 17 heavy (non-hydrogen) atoms. The molecule has 0 saturated heterocycles. The highest BCUT2D eigenvalue weighted by atomic mass is 16.4. The minimum Gasteiger partial charge on any atom is -0.478 e. The first-order chi connectivity index (χ1) is 8.07. The fourth-order valence-electron chi connectivity index (χ4n) is 2.33. The van der Waals surface area contributed by atoms with Gasteiger partial charge in [0.05, 0.1) is 0 Å². The highest BCUT2D eigenvalue weighted by Crippen LogP contribution is 2.39. The molecule has 0 atom stereocenters. The normalized spacial score (nSPS) is 19.8. The Balaban J connectivity index is 2.02. The first kappa shape index (κ1) is 10.6. The Labute approximate surface area is 100 Å². The molecule has 1 saturated carbocycles. The first-order valence-electron chi connectivity index (χ1n) is 6.12. The third-order valence-corrected chi connectivity index (χ3v) is 3.70. The van der Waals surface area contributed by atoms with Crippen LogP contribution in [0.1, 0.15) is 47.8 Å². The number of carboxylic acid groups (broad SMARTS) is 1. The highest BCUT2D eigenvalue weighted by Gasteiger charge is 2.38.